The fourth-order valence-electron chi connectivity index (χ4n) is 0.974. The number of amides is 1. The number of hydrogen-bond donors (Lipinski definition) is 2. The second-order valence-electron chi connectivity index (χ2n) is 3.73. The number of rotatable bonds is 5. The van der Waals surface area contributed by atoms with Crippen molar-refractivity contribution in [1.82, 2.24) is 4.90 Å². The predicted octanol–water partition coefficient (Wildman–Crippen LogP) is 0.154. The Morgan fingerprint density at radius 1 is 1.50 bits per heavy atom. The molecule has 0 rings (SSSR count). The fraction of sp³-hybridized carbons (Fsp3) is 0.700. The molecule has 0 aromatic rings. The van der Waals surface area contributed by atoms with Crippen molar-refractivity contribution in [2.24, 2.45) is 0 Å². The maximum Gasteiger partial charge on any atom is 0.222 e. The second kappa shape index (κ2) is 5.78. The van der Waals surface area contributed by atoms with Crippen LogP contribution in [0.3, 0.4) is 0 Å². The van der Waals surface area contributed by atoms with E-state index in [4.69, 9.17) is 5.11 Å². The number of aliphatic hydroxyl groups excluding tert-OH is 1. The van der Waals surface area contributed by atoms with E-state index >= 15 is 0 Å². The van der Waals surface area contributed by atoms with Crippen LogP contribution in [-0.4, -0.2) is 47.3 Å². The first-order valence-electron chi connectivity index (χ1n) is 4.60. The van der Waals surface area contributed by atoms with E-state index in [-0.39, 0.29) is 12.5 Å². The molecule has 14 heavy (non-hydrogen) atoms. The van der Waals surface area contributed by atoms with Crippen LogP contribution in [0.5, 0.6) is 0 Å². The van der Waals surface area contributed by atoms with Crippen molar-refractivity contribution in [3.05, 3.63) is 12.2 Å². The number of carbonyl (C=O) groups excluding carboxylic acids is 1. The van der Waals surface area contributed by atoms with E-state index in [2.05, 4.69) is 0 Å². The minimum absolute atomic E-state index is 0.0114. The largest absolute Gasteiger partial charge is 0.392 e. The van der Waals surface area contributed by atoms with Crippen LogP contribution in [0.15, 0.2) is 12.2 Å². The van der Waals surface area contributed by atoms with Crippen LogP contribution in [0.25, 0.3) is 0 Å². The van der Waals surface area contributed by atoms with Crippen LogP contribution < -0.4 is 0 Å². The quantitative estimate of drug-likeness (QED) is 0.623. The molecule has 0 aliphatic heterocycles. The summed E-state index contributed by atoms with van der Waals surface area (Å²) in [5, 5.41) is 18.2. The zero-order chi connectivity index (χ0) is 11.2. The molecule has 0 aromatic heterocycles. The van der Waals surface area contributed by atoms with Crippen molar-refractivity contribution in [3.63, 3.8) is 0 Å². The molecule has 82 valence electrons. The lowest BCUT2D eigenvalue weighted by Gasteiger charge is -2.19. The molecule has 0 radical (unpaired) electrons. The van der Waals surface area contributed by atoms with E-state index in [1.807, 2.05) is 0 Å². The van der Waals surface area contributed by atoms with Crippen molar-refractivity contribution < 1.29 is 15.0 Å². The predicted molar refractivity (Wildman–Crippen MR) is 54.8 cm³/mol. The first-order chi connectivity index (χ1) is 6.39. The number of hydrogen-bond acceptors (Lipinski definition) is 3. The molecule has 0 saturated heterocycles. The van der Waals surface area contributed by atoms with Gasteiger partial charge in [0, 0.05) is 20.5 Å². The molecule has 1 unspecified atom stereocenters. The molecule has 0 saturated carbocycles. The Labute approximate surface area is 84.8 Å². The lowest BCUT2D eigenvalue weighted by atomic mass is 9.99. The lowest BCUT2D eigenvalue weighted by molar-refractivity contribution is -0.129. The molecular formula is C10H19NO3. The van der Waals surface area contributed by atoms with Crippen molar-refractivity contribution in [1.29, 1.82) is 0 Å². The van der Waals surface area contributed by atoms with Gasteiger partial charge in [0.05, 0.1) is 12.2 Å². The normalized spacial score (nSPS) is 15.5. The van der Waals surface area contributed by atoms with Crippen LogP contribution in [0.2, 0.25) is 0 Å². The molecule has 0 aromatic carbocycles. The molecule has 0 aliphatic carbocycles. The van der Waals surface area contributed by atoms with Gasteiger partial charge in [-0.2, -0.15) is 0 Å². The highest BCUT2D eigenvalue weighted by molar-refractivity contribution is 5.75. The van der Waals surface area contributed by atoms with Crippen LogP contribution in [0.4, 0.5) is 0 Å². The highest BCUT2D eigenvalue weighted by Gasteiger charge is 2.18. The van der Waals surface area contributed by atoms with Gasteiger partial charge < -0.3 is 15.1 Å². The van der Waals surface area contributed by atoms with Crippen molar-refractivity contribution >= 4 is 5.91 Å². The summed E-state index contributed by atoms with van der Waals surface area (Å²) in [6.45, 7) is 1.51. The summed E-state index contributed by atoms with van der Waals surface area (Å²) >= 11 is 0. The Morgan fingerprint density at radius 3 is 2.50 bits per heavy atom. The van der Waals surface area contributed by atoms with Gasteiger partial charge in [-0.15, -0.1) is 0 Å². The fourth-order valence-corrected chi connectivity index (χ4v) is 0.974. The smallest absolute Gasteiger partial charge is 0.222 e. The van der Waals surface area contributed by atoms with Crippen molar-refractivity contribution in [2.45, 2.75) is 25.4 Å². The molecule has 0 bridgehead atoms. The summed E-state index contributed by atoms with van der Waals surface area (Å²) in [4.78, 5) is 12.7. The van der Waals surface area contributed by atoms with Crippen LogP contribution in [0.1, 0.15) is 19.8 Å². The second-order valence-corrected chi connectivity index (χ2v) is 3.73. The maximum absolute atomic E-state index is 11.2. The summed E-state index contributed by atoms with van der Waals surface area (Å²) in [6.07, 6.45) is 3.65. The Kier molecular flexibility index (Phi) is 5.42. The Bertz CT molecular complexity index is 209. The summed E-state index contributed by atoms with van der Waals surface area (Å²) in [6, 6.07) is 0. The van der Waals surface area contributed by atoms with Crippen molar-refractivity contribution in [2.75, 3.05) is 20.7 Å². The van der Waals surface area contributed by atoms with Crippen molar-refractivity contribution in [3.8, 4) is 0 Å². The van der Waals surface area contributed by atoms with Gasteiger partial charge >= 0.3 is 0 Å². The SMILES string of the molecule is CN(C)C(=O)CCC(C)(O)/C=C/CO. The minimum Gasteiger partial charge on any atom is -0.392 e. The number of carbonyl (C=O) groups is 1. The van der Waals surface area contributed by atoms with Gasteiger partial charge in [0.1, 0.15) is 0 Å². The minimum atomic E-state index is -1.02. The first-order valence-corrected chi connectivity index (χ1v) is 4.60. The number of aliphatic hydroxyl groups is 2. The molecule has 0 fully saturated rings. The maximum atomic E-state index is 11.2. The van der Waals surface area contributed by atoms with E-state index in [1.54, 1.807) is 21.0 Å². The third-order valence-electron chi connectivity index (χ3n) is 1.93. The molecule has 4 nitrogen and oxygen atoms in total. The van der Waals surface area contributed by atoms with E-state index in [9.17, 15) is 9.90 Å². The van der Waals surface area contributed by atoms with E-state index in [0.29, 0.717) is 12.8 Å². The van der Waals surface area contributed by atoms with Gasteiger partial charge in [0.15, 0.2) is 0 Å². The van der Waals surface area contributed by atoms with Gasteiger partial charge in [-0.05, 0) is 13.3 Å². The summed E-state index contributed by atoms with van der Waals surface area (Å²) < 4.78 is 0. The van der Waals surface area contributed by atoms with Gasteiger partial charge in [0.2, 0.25) is 5.91 Å². The summed E-state index contributed by atoms with van der Waals surface area (Å²) in [7, 11) is 3.36. The average Bonchev–Trinajstić information content (AvgIpc) is 2.11. The summed E-state index contributed by atoms with van der Waals surface area (Å²) in [5.74, 6) is -0.0114. The monoisotopic (exact) mass is 201 g/mol. The molecule has 4 heteroatoms. The highest BCUT2D eigenvalue weighted by Crippen LogP contribution is 2.14. The molecular weight excluding hydrogens is 182 g/mol. The van der Waals surface area contributed by atoms with Crippen LogP contribution >= 0.6 is 0 Å². The van der Waals surface area contributed by atoms with Crippen LogP contribution in [0, 0.1) is 0 Å². The average molecular weight is 201 g/mol. The molecule has 0 aliphatic rings. The third-order valence-corrected chi connectivity index (χ3v) is 1.93. The Morgan fingerprint density at radius 2 is 2.07 bits per heavy atom. The van der Waals surface area contributed by atoms with Gasteiger partial charge in [-0.25, -0.2) is 0 Å². The molecule has 1 atom stereocenters. The molecule has 0 spiro atoms. The Balaban J connectivity index is 3.99. The molecule has 1 amide bonds. The van der Waals surface area contributed by atoms with E-state index in [0.717, 1.165) is 0 Å². The standard InChI is InChI=1S/C10H19NO3/c1-10(14,6-4-8-12)7-5-9(13)11(2)3/h4,6,12,14H,5,7-8H2,1-3H3/b6-4+. The molecule has 2 N–H and O–H groups in total. The highest BCUT2D eigenvalue weighted by atomic mass is 16.3. The zero-order valence-corrected chi connectivity index (χ0v) is 9.03. The van der Waals surface area contributed by atoms with E-state index < -0.39 is 5.60 Å². The summed E-state index contributed by atoms with van der Waals surface area (Å²) in [5.41, 5.74) is -1.02. The first kappa shape index (κ1) is 13.1. The van der Waals surface area contributed by atoms with Crippen LogP contribution in [-0.2, 0) is 4.79 Å². The van der Waals surface area contributed by atoms with E-state index in [1.165, 1.54) is 17.1 Å². The topological polar surface area (TPSA) is 60.8 Å². The van der Waals surface area contributed by atoms with Gasteiger partial charge in [-0.3, -0.25) is 4.79 Å². The van der Waals surface area contributed by atoms with Gasteiger partial charge in [0.25, 0.3) is 0 Å². The Hall–Kier alpha value is -0.870. The lowest BCUT2D eigenvalue weighted by Crippen LogP contribution is -2.27. The zero-order valence-electron chi connectivity index (χ0n) is 9.03. The molecule has 0 heterocycles. The van der Waals surface area contributed by atoms with Gasteiger partial charge in [-0.1, -0.05) is 12.2 Å². The number of nitrogens with zero attached hydrogens (tertiary/aromatic N) is 1. The third kappa shape index (κ3) is 5.72.